The molecule has 1 unspecified atom stereocenters. The molecule has 15 heavy (non-hydrogen) atoms. The van der Waals surface area contributed by atoms with Crippen molar-refractivity contribution in [1.29, 1.82) is 0 Å². The van der Waals surface area contributed by atoms with Crippen LogP contribution in [0.25, 0.3) is 0 Å². The second kappa shape index (κ2) is 4.66. The van der Waals surface area contributed by atoms with Crippen molar-refractivity contribution in [2.24, 2.45) is 0 Å². The molecule has 0 aromatic heterocycles. The van der Waals surface area contributed by atoms with Gasteiger partial charge in [-0.1, -0.05) is 0 Å². The summed E-state index contributed by atoms with van der Waals surface area (Å²) in [5.41, 5.74) is 5.92. The fraction of sp³-hybridized carbons (Fsp3) is 0.333. The second-order valence-electron chi connectivity index (χ2n) is 2.86. The molecule has 0 amide bonds. The van der Waals surface area contributed by atoms with Crippen LogP contribution in [-0.4, -0.2) is 18.6 Å². The van der Waals surface area contributed by atoms with Gasteiger partial charge in [-0.05, 0) is 25.1 Å². The van der Waals surface area contributed by atoms with Crippen LogP contribution in [0.5, 0.6) is 5.75 Å². The quantitative estimate of drug-likeness (QED) is 0.599. The molecule has 1 rings (SSSR count). The van der Waals surface area contributed by atoms with E-state index in [-0.39, 0.29) is 11.9 Å². The van der Waals surface area contributed by atoms with Crippen molar-refractivity contribution in [1.82, 2.24) is 0 Å². The van der Waals surface area contributed by atoms with Crippen molar-refractivity contribution in [2.75, 3.05) is 19.5 Å². The summed E-state index contributed by atoms with van der Waals surface area (Å²) in [5.74, 6) is 0.468. The van der Waals surface area contributed by atoms with E-state index in [0.717, 1.165) is 0 Å². The van der Waals surface area contributed by atoms with Gasteiger partial charge in [-0.2, -0.15) is 0 Å². The van der Waals surface area contributed by atoms with Crippen LogP contribution in [0.15, 0.2) is 18.2 Å². The number of nitrogens with two attached hydrogens (primary N) is 1. The molecule has 0 bridgehead atoms. The lowest BCUT2D eigenvalue weighted by molar-refractivity contribution is 0.284. The third-order valence-electron chi connectivity index (χ3n) is 1.84. The smallest absolute Gasteiger partial charge is 0.358 e. The molecular weight excluding hydrogens is 217 g/mol. The first-order valence-corrected chi connectivity index (χ1v) is 6.00. The number of ether oxygens (including phenoxy) is 1. The molecule has 84 valence electrons. The average molecular weight is 231 g/mol. The third kappa shape index (κ3) is 2.72. The molecule has 6 heteroatoms. The Kier molecular flexibility index (Phi) is 3.74. The summed E-state index contributed by atoms with van der Waals surface area (Å²) >= 11 is 0. The Morgan fingerprint density at radius 2 is 2.20 bits per heavy atom. The van der Waals surface area contributed by atoms with E-state index < -0.39 is 7.60 Å². The van der Waals surface area contributed by atoms with Crippen molar-refractivity contribution in [3.63, 3.8) is 0 Å². The number of hydrogen-bond acceptors (Lipinski definition) is 4. The van der Waals surface area contributed by atoms with Crippen LogP contribution in [0.2, 0.25) is 0 Å². The van der Waals surface area contributed by atoms with E-state index in [4.69, 9.17) is 15.0 Å². The van der Waals surface area contributed by atoms with Gasteiger partial charge in [-0.15, -0.1) is 0 Å². The normalized spacial score (nSPS) is 14.6. The maximum absolute atomic E-state index is 11.6. The summed E-state index contributed by atoms with van der Waals surface area (Å²) in [5, 5.41) is 0.169. The molecule has 0 heterocycles. The summed E-state index contributed by atoms with van der Waals surface area (Å²) < 4.78 is 21.3. The van der Waals surface area contributed by atoms with Crippen molar-refractivity contribution >= 4 is 18.6 Å². The molecule has 0 saturated heterocycles. The standard InChI is InChI=1S/C9H14NO4P/c1-3-14-15(11,12)7-4-5-9(13-2)8(10)6-7/h4-6H,3,10H2,1-2H3,(H,11,12). The molecule has 1 atom stereocenters. The zero-order chi connectivity index (χ0) is 11.5. The van der Waals surface area contributed by atoms with E-state index in [0.29, 0.717) is 11.4 Å². The summed E-state index contributed by atoms with van der Waals surface area (Å²) in [7, 11) is -2.26. The molecule has 0 saturated carbocycles. The summed E-state index contributed by atoms with van der Waals surface area (Å²) in [6, 6.07) is 4.38. The number of rotatable bonds is 4. The largest absolute Gasteiger partial charge is 0.495 e. The first kappa shape index (κ1) is 12.0. The fourth-order valence-electron chi connectivity index (χ4n) is 1.15. The lowest BCUT2D eigenvalue weighted by atomic mass is 10.3. The Balaban J connectivity index is 3.07. The van der Waals surface area contributed by atoms with Crippen LogP contribution >= 0.6 is 7.60 Å². The lowest BCUT2D eigenvalue weighted by Crippen LogP contribution is -2.08. The molecule has 1 aromatic rings. The van der Waals surface area contributed by atoms with Crippen LogP contribution in [0.1, 0.15) is 6.92 Å². The maximum atomic E-state index is 11.6. The Hall–Kier alpha value is -1.03. The molecule has 0 fully saturated rings. The Bertz CT molecular complexity index is 394. The molecule has 0 spiro atoms. The average Bonchev–Trinajstić information content (AvgIpc) is 2.17. The van der Waals surface area contributed by atoms with Gasteiger partial charge in [-0.25, -0.2) is 0 Å². The van der Waals surface area contributed by atoms with E-state index in [2.05, 4.69) is 0 Å². The van der Waals surface area contributed by atoms with Crippen LogP contribution in [0, 0.1) is 0 Å². The Morgan fingerprint density at radius 1 is 1.53 bits per heavy atom. The highest BCUT2D eigenvalue weighted by Crippen LogP contribution is 2.41. The highest BCUT2D eigenvalue weighted by molar-refractivity contribution is 7.61. The molecule has 5 nitrogen and oxygen atoms in total. The van der Waals surface area contributed by atoms with Crippen LogP contribution in [0.3, 0.4) is 0 Å². The molecule has 0 aliphatic carbocycles. The van der Waals surface area contributed by atoms with Gasteiger partial charge in [0, 0.05) is 0 Å². The summed E-state index contributed by atoms with van der Waals surface area (Å²) in [6.45, 7) is 1.81. The monoisotopic (exact) mass is 231 g/mol. The van der Waals surface area contributed by atoms with Gasteiger partial charge in [0.2, 0.25) is 0 Å². The van der Waals surface area contributed by atoms with E-state index in [1.807, 2.05) is 0 Å². The molecule has 3 N–H and O–H groups in total. The Labute approximate surface area is 88.4 Å². The number of hydrogen-bond donors (Lipinski definition) is 2. The zero-order valence-electron chi connectivity index (χ0n) is 8.64. The minimum atomic E-state index is -3.74. The summed E-state index contributed by atoms with van der Waals surface area (Å²) in [4.78, 5) is 9.51. The second-order valence-corrected chi connectivity index (χ2v) is 4.68. The van der Waals surface area contributed by atoms with Crippen LogP contribution < -0.4 is 15.8 Å². The van der Waals surface area contributed by atoms with Gasteiger partial charge in [0.1, 0.15) is 5.75 Å². The SMILES string of the molecule is CCOP(=O)(O)c1ccc(OC)c(N)c1. The van der Waals surface area contributed by atoms with Gasteiger partial charge in [-0.3, -0.25) is 4.57 Å². The van der Waals surface area contributed by atoms with Crippen molar-refractivity contribution < 1.29 is 18.7 Å². The first-order chi connectivity index (χ1) is 7.01. The minimum Gasteiger partial charge on any atom is -0.495 e. The predicted octanol–water partition coefficient (Wildman–Crippen LogP) is 1.12. The molecule has 0 aliphatic heterocycles. The first-order valence-electron chi connectivity index (χ1n) is 4.42. The number of benzene rings is 1. The predicted molar refractivity (Wildman–Crippen MR) is 58.5 cm³/mol. The van der Waals surface area contributed by atoms with E-state index in [9.17, 15) is 9.46 Å². The van der Waals surface area contributed by atoms with Crippen LogP contribution in [-0.2, 0) is 9.09 Å². The van der Waals surface area contributed by atoms with Gasteiger partial charge < -0.3 is 19.9 Å². The van der Waals surface area contributed by atoms with Gasteiger partial charge in [0.15, 0.2) is 0 Å². The Morgan fingerprint density at radius 3 is 2.67 bits per heavy atom. The van der Waals surface area contributed by atoms with Crippen molar-refractivity contribution in [3.8, 4) is 5.75 Å². The van der Waals surface area contributed by atoms with E-state index in [1.54, 1.807) is 6.92 Å². The maximum Gasteiger partial charge on any atom is 0.358 e. The lowest BCUT2D eigenvalue weighted by Gasteiger charge is -2.12. The topological polar surface area (TPSA) is 81.8 Å². The van der Waals surface area contributed by atoms with E-state index >= 15 is 0 Å². The number of methoxy groups -OCH3 is 1. The number of nitrogen functional groups attached to an aromatic ring is 1. The van der Waals surface area contributed by atoms with E-state index in [1.165, 1.54) is 25.3 Å². The van der Waals surface area contributed by atoms with Crippen molar-refractivity contribution in [2.45, 2.75) is 6.92 Å². The van der Waals surface area contributed by atoms with Gasteiger partial charge >= 0.3 is 7.60 Å². The molecule has 1 aromatic carbocycles. The molecule has 0 aliphatic rings. The zero-order valence-corrected chi connectivity index (χ0v) is 9.53. The minimum absolute atomic E-state index is 0.166. The molecular formula is C9H14NO4P. The third-order valence-corrected chi connectivity index (χ3v) is 3.38. The summed E-state index contributed by atoms with van der Waals surface area (Å²) in [6.07, 6.45) is 0. The van der Waals surface area contributed by atoms with Gasteiger partial charge in [0.05, 0.1) is 24.7 Å². The fourth-order valence-corrected chi connectivity index (χ4v) is 2.21. The highest BCUT2D eigenvalue weighted by Gasteiger charge is 2.22. The number of anilines is 1. The highest BCUT2D eigenvalue weighted by atomic mass is 31.2. The van der Waals surface area contributed by atoms with Crippen LogP contribution in [0.4, 0.5) is 5.69 Å². The molecule has 0 radical (unpaired) electrons. The van der Waals surface area contributed by atoms with Crippen molar-refractivity contribution in [3.05, 3.63) is 18.2 Å². The van der Waals surface area contributed by atoms with Gasteiger partial charge in [0.25, 0.3) is 0 Å².